The third-order valence-corrected chi connectivity index (χ3v) is 4.22. The van der Waals surface area contributed by atoms with Crippen LogP contribution in [-0.4, -0.2) is 88.7 Å². The average molecular weight is 365 g/mol. The van der Waals surface area contributed by atoms with Crippen molar-refractivity contribution in [3.05, 3.63) is 30.1 Å². The number of halogens is 1. The molecule has 1 fully saturated rings. The Bertz CT molecular complexity index is 615. The van der Waals surface area contributed by atoms with Gasteiger partial charge in [0.1, 0.15) is 12.4 Å². The lowest BCUT2D eigenvalue weighted by atomic mass is 10.2. The summed E-state index contributed by atoms with van der Waals surface area (Å²) in [7, 11) is 5.06. The van der Waals surface area contributed by atoms with Crippen LogP contribution in [0, 0.1) is 5.82 Å². The summed E-state index contributed by atoms with van der Waals surface area (Å²) in [5.74, 6) is 0.427. The topological polar surface area (TPSA) is 60.4 Å². The Balaban J connectivity index is 1.99. The van der Waals surface area contributed by atoms with Crippen LogP contribution >= 0.6 is 0 Å². The first-order chi connectivity index (χ1) is 12.5. The molecule has 8 heteroatoms. The number of para-hydroxylation sites is 1. The van der Waals surface area contributed by atoms with Crippen molar-refractivity contribution < 1.29 is 13.9 Å². The number of likely N-dealkylation sites (N-methyl/N-ethyl adjacent to an activating group) is 1. The lowest BCUT2D eigenvalue weighted by Crippen LogP contribution is -2.53. The Labute approximate surface area is 154 Å². The van der Waals surface area contributed by atoms with E-state index < -0.39 is 0 Å². The van der Waals surface area contributed by atoms with Crippen LogP contribution in [0.2, 0.25) is 0 Å². The van der Waals surface area contributed by atoms with E-state index in [2.05, 4.69) is 15.2 Å². The van der Waals surface area contributed by atoms with Gasteiger partial charge in [0, 0.05) is 53.9 Å². The molecule has 1 aromatic carbocycles. The van der Waals surface area contributed by atoms with Gasteiger partial charge in [0.2, 0.25) is 5.91 Å². The quantitative estimate of drug-likeness (QED) is 0.455. The summed E-state index contributed by atoms with van der Waals surface area (Å²) < 4.78 is 19.0. The third-order valence-electron chi connectivity index (χ3n) is 4.22. The van der Waals surface area contributed by atoms with Crippen molar-refractivity contribution in [2.24, 2.45) is 4.99 Å². The van der Waals surface area contributed by atoms with Crippen molar-refractivity contribution in [2.45, 2.75) is 0 Å². The molecule has 1 N–H and O–H groups in total. The Morgan fingerprint density at radius 3 is 2.58 bits per heavy atom. The number of hydrogen-bond acceptors (Lipinski definition) is 4. The molecule has 0 saturated carbocycles. The van der Waals surface area contributed by atoms with Crippen LogP contribution in [0.1, 0.15) is 0 Å². The molecule has 1 saturated heterocycles. The predicted molar refractivity (Wildman–Crippen MR) is 101 cm³/mol. The van der Waals surface area contributed by atoms with Gasteiger partial charge in [-0.2, -0.15) is 0 Å². The highest BCUT2D eigenvalue weighted by molar-refractivity contribution is 5.85. The van der Waals surface area contributed by atoms with Gasteiger partial charge >= 0.3 is 0 Å². The molecular formula is C18H28FN5O2. The maximum absolute atomic E-state index is 14.0. The average Bonchev–Trinajstić information content (AvgIpc) is 2.65. The fourth-order valence-corrected chi connectivity index (χ4v) is 2.68. The summed E-state index contributed by atoms with van der Waals surface area (Å²) in [4.78, 5) is 21.9. The van der Waals surface area contributed by atoms with Crippen LogP contribution in [0.4, 0.5) is 10.1 Å². The van der Waals surface area contributed by atoms with Crippen molar-refractivity contribution >= 4 is 17.6 Å². The van der Waals surface area contributed by atoms with Crippen molar-refractivity contribution in [3.63, 3.8) is 0 Å². The first-order valence-corrected chi connectivity index (χ1v) is 8.74. The molecule has 1 aromatic rings. The maximum Gasteiger partial charge on any atom is 0.243 e. The summed E-state index contributed by atoms with van der Waals surface area (Å²) in [5.41, 5.74) is 0.626. The Hall–Kier alpha value is -2.35. The predicted octanol–water partition coefficient (Wildman–Crippen LogP) is 0.628. The zero-order chi connectivity index (χ0) is 18.9. The molecule has 1 aliphatic heterocycles. The Morgan fingerprint density at radius 1 is 1.27 bits per heavy atom. The molecule has 1 heterocycles. The van der Waals surface area contributed by atoms with Crippen LogP contribution in [0.25, 0.3) is 0 Å². The number of carbonyl (C=O) groups is 1. The van der Waals surface area contributed by atoms with Gasteiger partial charge in [-0.3, -0.25) is 4.79 Å². The van der Waals surface area contributed by atoms with Gasteiger partial charge in [0.15, 0.2) is 5.96 Å². The second-order valence-electron chi connectivity index (χ2n) is 6.27. The SMILES string of the molecule is COCCNC(=NCC(=O)N(C)C)N1CCN(c2ccccc2F)CC1. The number of nitrogens with zero attached hydrogens (tertiary/aromatic N) is 4. The molecule has 0 aliphatic carbocycles. The van der Waals surface area contributed by atoms with Gasteiger partial charge in [0.05, 0.1) is 12.3 Å². The van der Waals surface area contributed by atoms with Crippen LogP contribution < -0.4 is 10.2 Å². The number of rotatable bonds is 6. The lowest BCUT2D eigenvalue weighted by molar-refractivity contribution is -0.127. The van der Waals surface area contributed by atoms with Crippen LogP contribution in [0.15, 0.2) is 29.3 Å². The van der Waals surface area contributed by atoms with Crippen LogP contribution in [-0.2, 0) is 9.53 Å². The summed E-state index contributed by atoms with van der Waals surface area (Å²) >= 11 is 0. The van der Waals surface area contributed by atoms with E-state index in [9.17, 15) is 9.18 Å². The zero-order valence-corrected chi connectivity index (χ0v) is 15.7. The number of hydrogen-bond donors (Lipinski definition) is 1. The van der Waals surface area contributed by atoms with E-state index in [1.54, 1.807) is 33.3 Å². The molecule has 0 atom stereocenters. The minimum absolute atomic E-state index is 0.0546. The van der Waals surface area contributed by atoms with Crippen molar-refractivity contribution in [3.8, 4) is 0 Å². The number of guanidine groups is 1. The molecule has 1 amide bonds. The molecule has 0 unspecified atom stereocenters. The standard InChI is InChI=1S/C18H28FN5O2/c1-22(2)17(25)14-21-18(20-8-13-26-3)24-11-9-23(10-12-24)16-7-5-4-6-15(16)19/h4-7H,8-14H2,1-3H3,(H,20,21). The number of anilines is 1. The van der Waals surface area contributed by atoms with E-state index in [4.69, 9.17) is 4.74 Å². The molecular weight excluding hydrogens is 337 g/mol. The van der Waals surface area contributed by atoms with E-state index >= 15 is 0 Å². The minimum atomic E-state index is -0.204. The zero-order valence-electron chi connectivity index (χ0n) is 15.7. The largest absolute Gasteiger partial charge is 0.383 e. The number of ether oxygens (including phenoxy) is 1. The lowest BCUT2D eigenvalue weighted by Gasteiger charge is -2.37. The van der Waals surface area contributed by atoms with Gasteiger partial charge in [-0.1, -0.05) is 12.1 Å². The molecule has 26 heavy (non-hydrogen) atoms. The molecule has 1 aliphatic rings. The number of piperazine rings is 1. The Morgan fingerprint density at radius 2 is 1.96 bits per heavy atom. The molecule has 2 rings (SSSR count). The summed E-state index contributed by atoms with van der Waals surface area (Å²) in [6, 6.07) is 6.82. The van der Waals surface area contributed by atoms with E-state index in [1.165, 1.54) is 11.0 Å². The maximum atomic E-state index is 14.0. The van der Waals surface area contributed by atoms with E-state index in [0.29, 0.717) is 51.0 Å². The molecule has 0 bridgehead atoms. The van der Waals surface area contributed by atoms with Gasteiger partial charge in [-0.25, -0.2) is 9.38 Å². The Kier molecular flexibility index (Phi) is 7.65. The third kappa shape index (κ3) is 5.59. The van der Waals surface area contributed by atoms with Crippen molar-refractivity contribution in [1.29, 1.82) is 0 Å². The molecule has 0 aromatic heterocycles. The normalized spacial score (nSPS) is 15.2. The van der Waals surface area contributed by atoms with Crippen molar-refractivity contribution in [2.75, 3.05) is 72.0 Å². The fourth-order valence-electron chi connectivity index (χ4n) is 2.68. The molecule has 0 radical (unpaired) electrons. The number of amides is 1. The molecule has 0 spiro atoms. The van der Waals surface area contributed by atoms with Gasteiger partial charge in [-0.05, 0) is 12.1 Å². The summed E-state index contributed by atoms with van der Waals surface area (Å²) in [6.07, 6.45) is 0. The first-order valence-electron chi connectivity index (χ1n) is 8.74. The highest BCUT2D eigenvalue weighted by atomic mass is 19.1. The van der Waals surface area contributed by atoms with E-state index in [-0.39, 0.29) is 18.3 Å². The van der Waals surface area contributed by atoms with Gasteiger partial charge in [0.25, 0.3) is 0 Å². The first kappa shape index (κ1) is 20.0. The van der Waals surface area contributed by atoms with Gasteiger partial charge < -0.3 is 24.8 Å². The fraction of sp³-hybridized carbons (Fsp3) is 0.556. The number of carbonyl (C=O) groups excluding carboxylic acids is 1. The number of nitrogens with one attached hydrogen (secondary N) is 1. The highest BCUT2D eigenvalue weighted by Gasteiger charge is 2.21. The molecule has 144 valence electrons. The summed E-state index contributed by atoms with van der Waals surface area (Å²) in [6.45, 7) is 4.03. The monoisotopic (exact) mass is 365 g/mol. The second kappa shape index (κ2) is 9.96. The van der Waals surface area contributed by atoms with Crippen molar-refractivity contribution in [1.82, 2.24) is 15.1 Å². The highest BCUT2D eigenvalue weighted by Crippen LogP contribution is 2.20. The number of benzene rings is 1. The van der Waals surface area contributed by atoms with Crippen LogP contribution in [0.5, 0.6) is 0 Å². The summed E-state index contributed by atoms with van der Waals surface area (Å²) in [5, 5.41) is 3.24. The second-order valence-corrected chi connectivity index (χ2v) is 6.27. The van der Waals surface area contributed by atoms with Gasteiger partial charge in [-0.15, -0.1) is 0 Å². The molecule has 7 nitrogen and oxygen atoms in total. The van der Waals surface area contributed by atoms with E-state index in [1.807, 2.05) is 11.0 Å². The van der Waals surface area contributed by atoms with Crippen LogP contribution in [0.3, 0.4) is 0 Å². The number of aliphatic imine (C=N–C) groups is 1. The van der Waals surface area contributed by atoms with E-state index in [0.717, 1.165) is 0 Å². The smallest absolute Gasteiger partial charge is 0.243 e. The number of methoxy groups -OCH3 is 1. The minimum Gasteiger partial charge on any atom is -0.383 e.